The standard InChI is InChI=1S/C16H10FN5O2S/c17-11-5-3-7-13(22(23)24)10(11)8-25-16-19-15-14(20-21-16)9-4-1-2-6-12(9)18-15/h1-7H,8H2,(H,18,19,21). The fourth-order valence-electron chi connectivity index (χ4n) is 2.56. The highest BCUT2D eigenvalue weighted by Crippen LogP contribution is 2.29. The fraction of sp³-hybridized carbons (Fsp3) is 0.0625. The largest absolute Gasteiger partial charge is 0.338 e. The van der Waals surface area contributed by atoms with E-state index in [4.69, 9.17) is 0 Å². The Labute approximate surface area is 144 Å². The first-order valence-electron chi connectivity index (χ1n) is 7.29. The molecule has 1 N–H and O–H groups in total. The van der Waals surface area contributed by atoms with Gasteiger partial charge in [0.1, 0.15) is 11.3 Å². The first-order chi connectivity index (χ1) is 12.1. The smallest absolute Gasteiger partial charge is 0.276 e. The quantitative estimate of drug-likeness (QED) is 0.339. The molecule has 2 heterocycles. The van der Waals surface area contributed by atoms with E-state index in [9.17, 15) is 14.5 Å². The topological polar surface area (TPSA) is 97.6 Å². The van der Waals surface area contributed by atoms with E-state index in [1.54, 1.807) is 0 Å². The van der Waals surface area contributed by atoms with E-state index in [1.165, 1.54) is 18.2 Å². The van der Waals surface area contributed by atoms with E-state index in [2.05, 4.69) is 20.2 Å². The number of aromatic amines is 1. The molecule has 0 aliphatic carbocycles. The number of hydrogen-bond donors (Lipinski definition) is 1. The number of halogens is 1. The van der Waals surface area contributed by atoms with Gasteiger partial charge in [-0.3, -0.25) is 10.1 Å². The summed E-state index contributed by atoms with van der Waals surface area (Å²) in [5, 5.41) is 20.5. The van der Waals surface area contributed by atoms with E-state index in [1.807, 2.05) is 24.3 Å². The molecule has 4 rings (SSSR count). The summed E-state index contributed by atoms with van der Waals surface area (Å²) in [6.07, 6.45) is 0. The van der Waals surface area contributed by atoms with Crippen molar-refractivity contribution in [1.82, 2.24) is 20.2 Å². The number of fused-ring (bicyclic) bond motifs is 3. The Morgan fingerprint density at radius 1 is 1.16 bits per heavy atom. The van der Waals surface area contributed by atoms with Crippen LogP contribution in [0.2, 0.25) is 0 Å². The molecule has 0 fully saturated rings. The van der Waals surface area contributed by atoms with Crippen LogP contribution in [0.5, 0.6) is 0 Å². The molecule has 2 aromatic heterocycles. The summed E-state index contributed by atoms with van der Waals surface area (Å²) in [5.74, 6) is -0.586. The Balaban J connectivity index is 1.66. The van der Waals surface area contributed by atoms with Crippen molar-refractivity contribution in [1.29, 1.82) is 0 Å². The van der Waals surface area contributed by atoms with Crippen molar-refractivity contribution >= 4 is 39.5 Å². The Hall–Kier alpha value is -3.07. The minimum atomic E-state index is -0.624. The van der Waals surface area contributed by atoms with Gasteiger partial charge in [-0.1, -0.05) is 36.0 Å². The highest BCUT2D eigenvalue weighted by molar-refractivity contribution is 7.98. The predicted octanol–water partition coefficient (Wildman–Crippen LogP) is 3.85. The van der Waals surface area contributed by atoms with Crippen LogP contribution >= 0.6 is 11.8 Å². The molecular formula is C16H10FN5O2S. The maximum Gasteiger partial charge on any atom is 0.276 e. The number of nitro benzene ring substituents is 1. The summed E-state index contributed by atoms with van der Waals surface area (Å²) in [7, 11) is 0. The number of nitrogens with zero attached hydrogens (tertiary/aromatic N) is 4. The van der Waals surface area contributed by atoms with Crippen LogP contribution in [-0.4, -0.2) is 25.1 Å². The third-order valence-corrected chi connectivity index (χ3v) is 4.60. The van der Waals surface area contributed by atoms with Gasteiger partial charge in [-0.15, -0.1) is 10.2 Å². The van der Waals surface area contributed by atoms with Crippen LogP contribution in [0, 0.1) is 15.9 Å². The van der Waals surface area contributed by atoms with E-state index >= 15 is 0 Å². The minimum absolute atomic E-state index is 0.0119. The summed E-state index contributed by atoms with van der Waals surface area (Å²) in [6, 6.07) is 11.4. The van der Waals surface area contributed by atoms with Crippen molar-refractivity contribution in [2.45, 2.75) is 10.9 Å². The molecular weight excluding hydrogens is 345 g/mol. The van der Waals surface area contributed by atoms with E-state index in [0.717, 1.165) is 22.7 Å². The molecule has 0 bridgehead atoms. The summed E-state index contributed by atoms with van der Waals surface area (Å²) >= 11 is 1.09. The summed E-state index contributed by atoms with van der Waals surface area (Å²) in [6.45, 7) is 0. The van der Waals surface area contributed by atoms with Crippen molar-refractivity contribution in [3.05, 3.63) is 64.0 Å². The second kappa shape index (κ2) is 6.10. The van der Waals surface area contributed by atoms with Crippen LogP contribution < -0.4 is 0 Å². The predicted molar refractivity (Wildman–Crippen MR) is 91.8 cm³/mol. The van der Waals surface area contributed by atoms with Gasteiger partial charge in [0.2, 0.25) is 5.16 Å². The molecule has 0 saturated carbocycles. The Morgan fingerprint density at radius 2 is 2.00 bits per heavy atom. The normalized spacial score (nSPS) is 11.2. The molecule has 25 heavy (non-hydrogen) atoms. The SMILES string of the molecule is O=[N+]([O-])c1cccc(F)c1CSc1nnc2c(n1)[nH]c1ccccc12. The number of benzene rings is 2. The highest BCUT2D eigenvalue weighted by Gasteiger charge is 2.18. The van der Waals surface area contributed by atoms with Crippen LogP contribution in [0.4, 0.5) is 10.1 Å². The Morgan fingerprint density at radius 3 is 2.84 bits per heavy atom. The molecule has 0 saturated heterocycles. The summed E-state index contributed by atoms with van der Waals surface area (Å²) in [5.41, 5.74) is 1.87. The van der Waals surface area contributed by atoms with Crippen LogP contribution in [0.15, 0.2) is 47.6 Å². The number of thioether (sulfide) groups is 1. The zero-order valence-electron chi connectivity index (χ0n) is 12.6. The average Bonchev–Trinajstić information content (AvgIpc) is 2.98. The van der Waals surface area contributed by atoms with Gasteiger partial charge in [-0.2, -0.15) is 0 Å². The maximum absolute atomic E-state index is 13.9. The fourth-order valence-corrected chi connectivity index (χ4v) is 3.38. The van der Waals surface area contributed by atoms with Crippen LogP contribution in [-0.2, 0) is 5.75 Å². The average molecular weight is 355 g/mol. The van der Waals surface area contributed by atoms with Crippen LogP contribution in [0.1, 0.15) is 5.56 Å². The molecule has 0 unspecified atom stereocenters. The van der Waals surface area contributed by atoms with Crippen molar-refractivity contribution in [2.75, 3.05) is 0 Å². The van der Waals surface area contributed by atoms with Crippen LogP contribution in [0.3, 0.4) is 0 Å². The van der Waals surface area contributed by atoms with Gasteiger partial charge >= 0.3 is 0 Å². The van der Waals surface area contributed by atoms with Crippen LogP contribution in [0.25, 0.3) is 22.1 Å². The first-order valence-corrected chi connectivity index (χ1v) is 8.28. The lowest BCUT2D eigenvalue weighted by Crippen LogP contribution is -1.98. The molecule has 4 aromatic rings. The number of H-pyrrole nitrogens is 1. The third-order valence-electron chi connectivity index (χ3n) is 3.74. The van der Waals surface area contributed by atoms with Crippen molar-refractivity contribution in [3.8, 4) is 0 Å². The lowest BCUT2D eigenvalue weighted by molar-refractivity contribution is -0.385. The number of para-hydroxylation sites is 1. The molecule has 0 radical (unpaired) electrons. The Bertz CT molecular complexity index is 1110. The number of hydrogen-bond acceptors (Lipinski definition) is 6. The summed E-state index contributed by atoms with van der Waals surface area (Å²) < 4.78 is 13.9. The van der Waals surface area contributed by atoms with Gasteiger partial charge in [0.15, 0.2) is 5.65 Å². The van der Waals surface area contributed by atoms with Gasteiger partial charge in [-0.05, 0) is 12.1 Å². The van der Waals surface area contributed by atoms with E-state index in [-0.39, 0.29) is 17.0 Å². The molecule has 0 aliphatic heterocycles. The first kappa shape index (κ1) is 15.5. The molecule has 124 valence electrons. The second-order valence-corrected chi connectivity index (χ2v) is 6.19. The molecule has 0 amide bonds. The van der Waals surface area contributed by atoms with E-state index in [0.29, 0.717) is 16.3 Å². The van der Waals surface area contributed by atoms with Gasteiger partial charge in [0.25, 0.3) is 5.69 Å². The number of nitro groups is 1. The molecule has 9 heteroatoms. The zero-order valence-corrected chi connectivity index (χ0v) is 13.5. The van der Waals surface area contributed by atoms with Crippen molar-refractivity contribution in [2.24, 2.45) is 0 Å². The third kappa shape index (κ3) is 2.78. The van der Waals surface area contributed by atoms with Gasteiger partial charge < -0.3 is 4.98 Å². The molecule has 7 nitrogen and oxygen atoms in total. The maximum atomic E-state index is 13.9. The number of rotatable bonds is 4. The zero-order chi connectivity index (χ0) is 17.4. The molecule has 0 spiro atoms. The lowest BCUT2D eigenvalue weighted by Gasteiger charge is -2.03. The van der Waals surface area contributed by atoms with E-state index < -0.39 is 10.7 Å². The minimum Gasteiger partial charge on any atom is -0.338 e. The second-order valence-electron chi connectivity index (χ2n) is 5.25. The van der Waals surface area contributed by atoms with Crippen molar-refractivity contribution < 1.29 is 9.31 Å². The van der Waals surface area contributed by atoms with Crippen molar-refractivity contribution in [3.63, 3.8) is 0 Å². The summed E-state index contributed by atoms with van der Waals surface area (Å²) in [4.78, 5) is 18.0. The van der Waals surface area contributed by atoms with Gasteiger partial charge in [-0.25, -0.2) is 9.37 Å². The molecule has 0 aliphatic rings. The lowest BCUT2D eigenvalue weighted by atomic mass is 10.2. The highest BCUT2D eigenvalue weighted by atomic mass is 32.2. The monoisotopic (exact) mass is 355 g/mol. The molecule has 0 atom stereocenters. The number of aromatic nitrogens is 4. The van der Waals surface area contributed by atoms with Gasteiger partial charge in [0, 0.05) is 22.7 Å². The van der Waals surface area contributed by atoms with Gasteiger partial charge in [0.05, 0.1) is 10.5 Å². The molecule has 2 aromatic carbocycles. The Kier molecular flexibility index (Phi) is 3.77. The number of nitrogens with one attached hydrogen (secondary N) is 1.